The highest BCUT2D eigenvalue weighted by molar-refractivity contribution is 8.39. The van der Waals surface area contributed by atoms with E-state index in [1.165, 1.54) is 27.8 Å². The molecule has 1 fully saturated rings. The number of hydrogen-bond acceptors (Lipinski definition) is 0. The molecule has 3 heterocycles. The standard InChI is InChI=1S/C38H30P2/c1-6-16-28(17-7-1)33-27-38(32-24-14-5-15-25-32)34-26-35(29-18-8-2-9-19-29)39(37(34)31-22-12-4-13-23-31)40(38)36(33)30-20-10-3-11-21-30/h1-26,34,37H,27H2/t34-,37?,38-,39-,40-/m0/s1. The SMILES string of the molecule is C1=C(c2ccccc2)[P@@]2C(c3ccccc3)[C@H]1[C@@]1(c3ccccc3)CC(c3ccccc3)=C(c3ccccc3)[P@]21. The third kappa shape index (κ3) is 3.60. The van der Waals surface area contributed by atoms with Crippen molar-refractivity contribution >= 4 is 31.4 Å². The largest absolute Gasteiger partial charge is 0.0704 e. The van der Waals surface area contributed by atoms with Crippen LogP contribution in [0.25, 0.3) is 16.2 Å². The van der Waals surface area contributed by atoms with Crippen LogP contribution in [0.1, 0.15) is 39.9 Å². The molecular formula is C38H30P2. The van der Waals surface area contributed by atoms with Crippen molar-refractivity contribution in [2.24, 2.45) is 5.92 Å². The van der Waals surface area contributed by atoms with Gasteiger partial charge in [-0.2, -0.15) is 0 Å². The van der Waals surface area contributed by atoms with Crippen LogP contribution in [0.15, 0.2) is 158 Å². The van der Waals surface area contributed by atoms with Crippen molar-refractivity contribution in [3.63, 3.8) is 0 Å². The summed E-state index contributed by atoms with van der Waals surface area (Å²) in [6.07, 6.45) is 3.82. The van der Waals surface area contributed by atoms with Gasteiger partial charge in [-0.3, -0.25) is 0 Å². The molecule has 192 valence electrons. The van der Waals surface area contributed by atoms with E-state index in [1.807, 2.05) is 0 Å². The molecule has 0 saturated carbocycles. The van der Waals surface area contributed by atoms with Crippen molar-refractivity contribution in [2.45, 2.75) is 17.2 Å². The van der Waals surface area contributed by atoms with Crippen LogP contribution >= 0.6 is 15.2 Å². The highest BCUT2D eigenvalue weighted by Gasteiger charge is 2.68. The maximum Gasteiger partial charge on any atom is 0.0349 e. The lowest BCUT2D eigenvalue weighted by Gasteiger charge is -2.41. The zero-order valence-electron chi connectivity index (χ0n) is 22.3. The predicted molar refractivity (Wildman–Crippen MR) is 173 cm³/mol. The molecule has 0 aliphatic carbocycles. The van der Waals surface area contributed by atoms with E-state index in [-0.39, 0.29) is 5.16 Å². The summed E-state index contributed by atoms with van der Waals surface area (Å²) in [5.74, 6) is 0.463. The Balaban J connectivity index is 1.44. The van der Waals surface area contributed by atoms with Gasteiger partial charge in [0.1, 0.15) is 0 Å². The fourth-order valence-corrected chi connectivity index (χ4v) is 19.3. The smallest absolute Gasteiger partial charge is 0.0349 e. The molecule has 0 amide bonds. The summed E-state index contributed by atoms with van der Waals surface area (Å²) < 4.78 is 0. The summed E-state index contributed by atoms with van der Waals surface area (Å²) in [6, 6.07) is 56.9. The van der Waals surface area contributed by atoms with E-state index < -0.39 is 15.2 Å². The second-order valence-corrected chi connectivity index (χ2v) is 17.1. The van der Waals surface area contributed by atoms with Crippen LogP contribution in [0, 0.1) is 5.92 Å². The van der Waals surface area contributed by atoms with E-state index >= 15 is 0 Å². The average Bonchev–Trinajstić information content (AvgIpc) is 3.69. The van der Waals surface area contributed by atoms with E-state index in [9.17, 15) is 0 Å². The molecule has 1 unspecified atom stereocenters. The molecule has 2 heteroatoms. The number of fused-ring (bicyclic) bond motifs is 5. The van der Waals surface area contributed by atoms with E-state index in [0.717, 1.165) is 6.42 Å². The number of benzene rings is 5. The van der Waals surface area contributed by atoms with Gasteiger partial charge in [-0.1, -0.05) is 158 Å². The molecule has 0 N–H and O–H groups in total. The van der Waals surface area contributed by atoms with Crippen molar-refractivity contribution in [1.82, 2.24) is 0 Å². The van der Waals surface area contributed by atoms with Gasteiger partial charge in [-0.25, -0.2) is 0 Å². The average molecular weight is 549 g/mol. The fraction of sp³-hybridized carbons (Fsp3) is 0.105. The summed E-state index contributed by atoms with van der Waals surface area (Å²) in [6.45, 7) is 0. The summed E-state index contributed by atoms with van der Waals surface area (Å²) in [4.78, 5) is 0. The van der Waals surface area contributed by atoms with Gasteiger partial charge in [-0.05, 0) is 65.7 Å². The monoisotopic (exact) mass is 548 g/mol. The van der Waals surface area contributed by atoms with Gasteiger partial charge in [0.2, 0.25) is 0 Å². The van der Waals surface area contributed by atoms with E-state index in [2.05, 4.69) is 158 Å². The molecule has 1 saturated heterocycles. The third-order valence-corrected chi connectivity index (χ3v) is 18.2. The molecule has 3 aliphatic heterocycles. The lowest BCUT2D eigenvalue weighted by atomic mass is 9.76. The van der Waals surface area contributed by atoms with Crippen molar-refractivity contribution in [1.29, 1.82) is 0 Å². The molecular weight excluding hydrogens is 518 g/mol. The molecule has 0 nitrogen and oxygen atoms in total. The van der Waals surface area contributed by atoms with Gasteiger partial charge in [-0.15, -0.1) is 0 Å². The second kappa shape index (κ2) is 9.82. The Labute approximate surface area is 239 Å². The summed E-state index contributed by atoms with van der Waals surface area (Å²) in [7, 11) is -0.992. The lowest BCUT2D eigenvalue weighted by molar-refractivity contribution is 0.469. The summed E-state index contributed by atoms with van der Waals surface area (Å²) in [5, 5.41) is 3.36. The van der Waals surface area contributed by atoms with Crippen LogP contribution in [0.5, 0.6) is 0 Å². The molecule has 5 atom stereocenters. The Kier molecular flexibility index (Phi) is 5.95. The first-order valence-corrected chi connectivity index (χ1v) is 17.6. The Morgan fingerprint density at radius 3 is 1.62 bits per heavy atom. The first-order chi connectivity index (χ1) is 19.9. The van der Waals surface area contributed by atoms with Crippen LogP contribution in [-0.4, -0.2) is 0 Å². The normalized spacial score (nSPS) is 26.6. The van der Waals surface area contributed by atoms with Gasteiger partial charge in [0, 0.05) is 16.7 Å². The highest BCUT2D eigenvalue weighted by Crippen LogP contribution is 3.05. The second-order valence-electron chi connectivity index (χ2n) is 11.0. The van der Waals surface area contributed by atoms with Crippen LogP contribution in [0.4, 0.5) is 0 Å². The minimum absolute atomic E-state index is 0.0947. The minimum Gasteiger partial charge on any atom is -0.0704 e. The van der Waals surface area contributed by atoms with Gasteiger partial charge in [0.15, 0.2) is 0 Å². The highest BCUT2D eigenvalue weighted by atomic mass is 32.1. The molecule has 2 bridgehead atoms. The van der Waals surface area contributed by atoms with Gasteiger partial charge in [0.05, 0.1) is 0 Å². The van der Waals surface area contributed by atoms with E-state index in [1.54, 1.807) is 16.2 Å². The maximum atomic E-state index is 2.72. The Hall–Kier alpha value is -3.56. The number of rotatable bonds is 5. The van der Waals surface area contributed by atoms with Gasteiger partial charge in [0.25, 0.3) is 0 Å². The van der Waals surface area contributed by atoms with E-state index in [0.29, 0.717) is 11.6 Å². The lowest BCUT2D eigenvalue weighted by Crippen LogP contribution is -2.28. The maximum absolute atomic E-state index is 2.72. The van der Waals surface area contributed by atoms with Crippen LogP contribution < -0.4 is 0 Å². The van der Waals surface area contributed by atoms with Gasteiger partial charge >= 0.3 is 0 Å². The minimum atomic E-state index is -0.520. The molecule has 5 aromatic carbocycles. The topological polar surface area (TPSA) is 0 Å². The Bertz CT molecular complexity index is 1710. The fourth-order valence-electron chi connectivity index (χ4n) is 7.34. The molecule has 0 radical (unpaired) electrons. The predicted octanol–water partition coefficient (Wildman–Crippen LogP) is 11.2. The summed E-state index contributed by atoms with van der Waals surface area (Å²) >= 11 is 0. The summed E-state index contributed by atoms with van der Waals surface area (Å²) in [5.41, 5.74) is 9.37. The molecule has 5 aromatic rings. The van der Waals surface area contributed by atoms with Crippen molar-refractivity contribution in [2.75, 3.05) is 0 Å². The molecule has 3 aliphatic rings. The first kappa shape index (κ1) is 24.3. The zero-order chi connectivity index (χ0) is 26.5. The van der Waals surface area contributed by atoms with Gasteiger partial charge < -0.3 is 0 Å². The molecule has 8 rings (SSSR count). The molecule has 0 aromatic heterocycles. The van der Waals surface area contributed by atoms with Crippen molar-refractivity contribution in [3.8, 4) is 0 Å². The third-order valence-electron chi connectivity index (χ3n) is 8.93. The van der Waals surface area contributed by atoms with Crippen LogP contribution in [0.2, 0.25) is 0 Å². The van der Waals surface area contributed by atoms with Crippen molar-refractivity contribution in [3.05, 3.63) is 186 Å². The van der Waals surface area contributed by atoms with Crippen LogP contribution in [0.3, 0.4) is 0 Å². The zero-order valence-corrected chi connectivity index (χ0v) is 24.1. The van der Waals surface area contributed by atoms with E-state index in [4.69, 9.17) is 0 Å². The quantitative estimate of drug-likeness (QED) is 0.192. The Morgan fingerprint density at radius 1 is 0.525 bits per heavy atom. The van der Waals surface area contributed by atoms with Crippen LogP contribution in [-0.2, 0) is 5.16 Å². The first-order valence-electron chi connectivity index (χ1n) is 14.2. The number of hydrogen-bond donors (Lipinski definition) is 0. The Morgan fingerprint density at radius 2 is 1.02 bits per heavy atom. The number of allylic oxidation sites excluding steroid dienone is 2. The molecule has 40 heavy (non-hydrogen) atoms. The van der Waals surface area contributed by atoms with Crippen molar-refractivity contribution < 1.29 is 0 Å². The molecule has 0 spiro atoms.